The van der Waals surface area contributed by atoms with E-state index in [1.807, 2.05) is 0 Å². The third kappa shape index (κ3) is 20.8. The van der Waals surface area contributed by atoms with Gasteiger partial charge in [-0.05, 0) is 13.3 Å². The fourth-order valence-corrected chi connectivity index (χ4v) is 3.37. The number of primary amides is 1. The summed E-state index contributed by atoms with van der Waals surface area (Å²) in [6, 6.07) is -0.923. The molecule has 166 valence electrons. The average Bonchev–Trinajstić information content (AvgIpc) is 2.63. The SMILES string of the molecule is CCCCCCCCCCCCCCCCCCNC(=O)NC(C)NC(N)=O. The highest BCUT2D eigenvalue weighted by molar-refractivity contribution is 5.76. The molecule has 0 radical (unpaired) electrons. The van der Waals surface area contributed by atoms with Crippen LogP contribution in [0.2, 0.25) is 0 Å². The van der Waals surface area contributed by atoms with Gasteiger partial charge in [-0.1, -0.05) is 103 Å². The van der Waals surface area contributed by atoms with E-state index in [1.165, 1.54) is 89.9 Å². The Morgan fingerprint density at radius 2 is 1.07 bits per heavy atom. The number of hydrogen-bond acceptors (Lipinski definition) is 2. The lowest BCUT2D eigenvalue weighted by atomic mass is 10.0. The zero-order valence-corrected chi connectivity index (χ0v) is 18.5. The Bertz CT molecular complexity index is 378. The van der Waals surface area contributed by atoms with E-state index in [1.54, 1.807) is 6.92 Å². The van der Waals surface area contributed by atoms with E-state index in [4.69, 9.17) is 5.73 Å². The normalized spacial score (nSPS) is 11.8. The summed E-state index contributed by atoms with van der Waals surface area (Å²) >= 11 is 0. The second-order valence-electron chi connectivity index (χ2n) is 7.93. The van der Waals surface area contributed by atoms with E-state index in [0.29, 0.717) is 6.54 Å². The van der Waals surface area contributed by atoms with Gasteiger partial charge in [-0.3, -0.25) is 0 Å². The molecule has 0 aromatic carbocycles. The molecule has 0 aliphatic carbocycles. The summed E-state index contributed by atoms with van der Waals surface area (Å²) in [6.45, 7) is 4.60. The van der Waals surface area contributed by atoms with Gasteiger partial charge in [-0.15, -0.1) is 0 Å². The molecule has 4 amide bonds. The highest BCUT2D eigenvalue weighted by atomic mass is 16.2. The summed E-state index contributed by atoms with van der Waals surface area (Å²) in [5.74, 6) is 0. The van der Waals surface area contributed by atoms with E-state index < -0.39 is 12.2 Å². The van der Waals surface area contributed by atoms with Crippen LogP contribution in [0.5, 0.6) is 0 Å². The van der Waals surface area contributed by atoms with Crippen LogP contribution >= 0.6 is 0 Å². The second kappa shape index (κ2) is 20.3. The van der Waals surface area contributed by atoms with Gasteiger partial charge in [0.05, 0.1) is 0 Å². The Hall–Kier alpha value is -1.46. The smallest absolute Gasteiger partial charge is 0.316 e. The Morgan fingerprint density at radius 3 is 1.46 bits per heavy atom. The molecule has 0 spiro atoms. The van der Waals surface area contributed by atoms with Crippen LogP contribution in [-0.4, -0.2) is 24.8 Å². The maximum absolute atomic E-state index is 11.6. The third-order valence-corrected chi connectivity index (χ3v) is 5.02. The fraction of sp³-hybridized carbons (Fsp3) is 0.909. The molecule has 0 aromatic heterocycles. The Kier molecular flexibility index (Phi) is 19.2. The first-order chi connectivity index (χ1) is 13.6. The van der Waals surface area contributed by atoms with Crippen molar-refractivity contribution >= 4 is 12.1 Å². The number of hydrogen-bond donors (Lipinski definition) is 4. The van der Waals surface area contributed by atoms with Crippen LogP contribution < -0.4 is 21.7 Å². The van der Waals surface area contributed by atoms with Crippen LogP contribution in [0, 0.1) is 0 Å². The minimum Gasteiger partial charge on any atom is -0.352 e. The minimum atomic E-state index is -0.648. The van der Waals surface area contributed by atoms with Gasteiger partial charge in [0, 0.05) is 6.54 Å². The van der Waals surface area contributed by atoms with Gasteiger partial charge in [0.1, 0.15) is 6.17 Å². The monoisotopic (exact) mass is 398 g/mol. The van der Waals surface area contributed by atoms with Crippen molar-refractivity contribution in [2.75, 3.05) is 6.54 Å². The Labute approximate surface area is 173 Å². The van der Waals surface area contributed by atoms with Crippen molar-refractivity contribution in [1.29, 1.82) is 0 Å². The number of rotatable bonds is 19. The summed E-state index contributed by atoms with van der Waals surface area (Å²) in [4.78, 5) is 22.2. The number of carbonyl (C=O) groups excluding carboxylic acids is 2. The first kappa shape index (κ1) is 26.5. The Balaban J connectivity index is 3.19. The molecule has 1 unspecified atom stereocenters. The maximum Gasteiger partial charge on any atom is 0.316 e. The second-order valence-corrected chi connectivity index (χ2v) is 7.93. The topological polar surface area (TPSA) is 96.2 Å². The molecule has 6 heteroatoms. The van der Waals surface area contributed by atoms with E-state index in [2.05, 4.69) is 22.9 Å². The average molecular weight is 399 g/mol. The number of amides is 4. The molecule has 6 nitrogen and oxygen atoms in total. The summed E-state index contributed by atoms with van der Waals surface area (Å²) in [5.41, 5.74) is 4.99. The lowest BCUT2D eigenvalue weighted by molar-refractivity contribution is 0.231. The van der Waals surface area contributed by atoms with Gasteiger partial charge < -0.3 is 21.7 Å². The fourth-order valence-electron chi connectivity index (χ4n) is 3.37. The molecule has 5 N–H and O–H groups in total. The van der Waals surface area contributed by atoms with Gasteiger partial charge in [-0.25, -0.2) is 9.59 Å². The standard InChI is InChI=1S/C22H46N4O2/c1-3-4-5-6-7-8-9-10-11-12-13-14-15-16-17-18-19-24-22(28)26-20(2)25-21(23)27/h20H,3-19H2,1-2H3,(H3,23,25,27)(H2,24,26,28). The highest BCUT2D eigenvalue weighted by Gasteiger charge is 2.06. The highest BCUT2D eigenvalue weighted by Crippen LogP contribution is 2.13. The first-order valence-corrected chi connectivity index (χ1v) is 11.7. The van der Waals surface area contributed by atoms with E-state index in [0.717, 1.165) is 12.8 Å². The molecule has 28 heavy (non-hydrogen) atoms. The van der Waals surface area contributed by atoms with Crippen molar-refractivity contribution in [3.05, 3.63) is 0 Å². The number of unbranched alkanes of at least 4 members (excludes halogenated alkanes) is 15. The van der Waals surface area contributed by atoms with Crippen molar-refractivity contribution in [2.45, 2.75) is 123 Å². The molecule has 0 aliphatic heterocycles. The van der Waals surface area contributed by atoms with Crippen LogP contribution in [0.15, 0.2) is 0 Å². The van der Waals surface area contributed by atoms with Crippen molar-refractivity contribution in [3.63, 3.8) is 0 Å². The predicted octanol–water partition coefficient (Wildman–Crippen LogP) is 5.56. The van der Waals surface area contributed by atoms with Crippen LogP contribution in [0.3, 0.4) is 0 Å². The van der Waals surface area contributed by atoms with Gasteiger partial charge in [0.2, 0.25) is 0 Å². The molecule has 0 aliphatic rings. The third-order valence-electron chi connectivity index (χ3n) is 5.02. The van der Waals surface area contributed by atoms with Gasteiger partial charge in [0.15, 0.2) is 0 Å². The molecular formula is C22H46N4O2. The van der Waals surface area contributed by atoms with Crippen molar-refractivity contribution in [3.8, 4) is 0 Å². The Morgan fingerprint density at radius 1 is 0.679 bits per heavy atom. The summed E-state index contributed by atoms with van der Waals surface area (Å²) < 4.78 is 0. The van der Waals surface area contributed by atoms with Gasteiger partial charge in [-0.2, -0.15) is 0 Å². The van der Waals surface area contributed by atoms with Crippen LogP contribution in [0.25, 0.3) is 0 Å². The molecule has 0 rings (SSSR count). The number of nitrogens with one attached hydrogen (secondary N) is 3. The zero-order chi connectivity index (χ0) is 20.9. The predicted molar refractivity (Wildman–Crippen MR) is 118 cm³/mol. The van der Waals surface area contributed by atoms with Crippen LogP contribution in [0.1, 0.15) is 117 Å². The zero-order valence-electron chi connectivity index (χ0n) is 18.5. The lowest BCUT2D eigenvalue weighted by Gasteiger charge is -2.14. The maximum atomic E-state index is 11.6. The van der Waals surface area contributed by atoms with Crippen LogP contribution in [0.4, 0.5) is 9.59 Å². The molecule has 1 atom stereocenters. The molecule has 0 fully saturated rings. The summed E-state index contributed by atoms with van der Waals surface area (Å²) in [7, 11) is 0. The number of urea groups is 2. The first-order valence-electron chi connectivity index (χ1n) is 11.7. The lowest BCUT2D eigenvalue weighted by Crippen LogP contribution is -2.50. The number of nitrogens with two attached hydrogens (primary N) is 1. The molecule has 0 aromatic rings. The van der Waals surface area contributed by atoms with E-state index in [9.17, 15) is 9.59 Å². The van der Waals surface area contributed by atoms with Crippen molar-refractivity contribution < 1.29 is 9.59 Å². The van der Waals surface area contributed by atoms with E-state index in [-0.39, 0.29) is 6.03 Å². The van der Waals surface area contributed by atoms with E-state index >= 15 is 0 Å². The molecule has 0 saturated heterocycles. The number of carbonyl (C=O) groups is 2. The largest absolute Gasteiger partial charge is 0.352 e. The quantitative estimate of drug-likeness (QED) is 0.169. The summed E-state index contributed by atoms with van der Waals surface area (Å²) in [6.07, 6.45) is 21.0. The molecule has 0 heterocycles. The van der Waals surface area contributed by atoms with Crippen molar-refractivity contribution in [2.24, 2.45) is 5.73 Å². The molecule has 0 bridgehead atoms. The van der Waals surface area contributed by atoms with Gasteiger partial charge >= 0.3 is 12.1 Å². The molecular weight excluding hydrogens is 352 g/mol. The van der Waals surface area contributed by atoms with Crippen molar-refractivity contribution in [1.82, 2.24) is 16.0 Å². The van der Waals surface area contributed by atoms with Gasteiger partial charge in [0.25, 0.3) is 0 Å². The molecule has 0 saturated carbocycles. The summed E-state index contributed by atoms with van der Waals surface area (Å²) in [5, 5.41) is 7.80. The van der Waals surface area contributed by atoms with Crippen LogP contribution in [-0.2, 0) is 0 Å². The minimum absolute atomic E-state index is 0.276.